The van der Waals surface area contributed by atoms with Crippen LogP contribution in [0.3, 0.4) is 0 Å². The van der Waals surface area contributed by atoms with E-state index in [0.29, 0.717) is 6.61 Å². The molecule has 0 fully saturated rings. The molecule has 0 saturated heterocycles. The van der Waals surface area contributed by atoms with E-state index in [0.717, 1.165) is 5.75 Å². The van der Waals surface area contributed by atoms with Crippen molar-refractivity contribution < 1.29 is 4.74 Å². The lowest BCUT2D eigenvalue weighted by molar-refractivity contribution is 0.315. The van der Waals surface area contributed by atoms with Gasteiger partial charge in [0.05, 0.1) is 0 Å². The van der Waals surface area contributed by atoms with Crippen molar-refractivity contribution in [2.45, 2.75) is 45.7 Å². The summed E-state index contributed by atoms with van der Waals surface area (Å²) in [6, 6.07) is 8.20. The van der Waals surface area contributed by atoms with E-state index in [2.05, 4.69) is 58.1 Å². The second-order valence-electron chi connectivity index (χ2n) is 6.24. The highest BCUT2D eigenvalue weighted by Crippen LogP contribution is 2.30. The monoisotopic (exact) mass is 245 g/mol. The van der Waals surface area contributed by atoms with Gasteiger partial charge in [0.1, 0.15) is 12.4 Å². The predicted octanol–water partition coefficient (Wildman–Crippen LogP) is 3.46. The lowest BCUT2D eigenvalue weighted by Crippen LogP contribution is -2.46. The molecule has 2 nitrogen and oxygen atoms in total. The van der Waals surface area contributed by atoms with Gasteiger partial charge in [0.25, 0.3) is 0 Å². The molecule has 0 amide bonds. The molecule has 1 aromatic rings. The van der Waals surface area contributed by atoms with E-state index >= 15 is 0 Å². The summed E-state index contributed by atoms with van der Waals surface area (Å²) in [5.74, 6) is 0.932. The summed E-state index contributed by atoms with van der Waals surface area (Å²) in [4.78, 5) is 0. The van der Waals surface area contributed by atoms with Crippen LogP contribution in [0.5, 0.6) is 5.75 Å². The van der Waals surface area contributed by atoms with Crippen LogP contribution in [-0.2, 0) is 0 Å². The largest absolute Gasteiger partial charge is 0.489 e. The molecule has 0 aromatic heterocycles. The maximum Gasteiger partial charge on any atom is 0.119 e. The van der Waals surface area contributed by atoms with Crippen molar-refractivity contribution in [1.29, 1.82) is 0 Å². The third kappa shape index (κ3) is 2.94. The van der Waals surface area contributed by atoms with Gasteiger partial charge in [-0.2, -0.15) is 0 Å². The molecular formula is C16H23NO. The summed E-state index contributed by atoms with van der Waals surface area (Å²) in [6.07, 6.45) is 2.28. The van der Waals surface area contributed by atoms with E-state index in [1.807, 2.05) is 12.1 Å². The number of nitrogens with one attached hydrogen (secondary N) is 1. The molecule has 2 heteroatoms. The molecule has 0 saturated carbocycles. The van der Waals surface area contributed by atoms with Gasteiger partial charge in [0, 0.05) is 11.1 Å². The Morgan fingerprint density at radius 3 is 2.17 bits per heavy atom. The van der Waals surface area contributed by atoms with Gasteiger partial charge in [-0.05, 0) is 52.3 Å². The van der Waals surface area contributed by atoms with E-state index in [1.165, 1.54) is 11.1 Å². The van der Waals surface area contributed by atoms with Crippen LogP contribution in [0.1, 0.15) is 33.3 Å². The van der Waals surface area contributed by atoms with Crippen molar-refractivity contribution in [3.05, 3.63) is 41.5 Å². The first-order chi connectivity index (χ1) is 8.28. The smallest absolute Gasteiger partial charge is 0.119 e. The molecule has 0 atom stereocenters. The van der Waals surface area contributed by atoms with Crippen molar-refractivity contribution in [3.8, 4) is 5.75 Å². The zero-order valence-corrected chi connectivity index (χ0v) is 12.0. The molecule has 1 heterocycles. The minimum atomic E-state index is 0.00813. The van der Waals surface area contributed by atoms with E-state index in [1.54, 1.807) is 0 Å². The molecule has 1 N–H and O–H groups in total. The Kier molecular flexibility index (Phi) is 3.24. The van der Waals surface area contributed by atoms with Crippen molar-refractivity contribution in [1.82, 2.24) is 5.32 Å². The summed E-state index contributed by atoms with van der Waals surface area (Å²) in [5.41, 5.74) is 2.63. The average molecular weight is 245 g/mol. The molecule has 1 aliphatic rings. The molecular weight excluding hydrogens is 222 g/mol. The zero-order chi connectivity index (χ0) is 13.4. The molecule has 2 rings (SSSR count). The zero-order valence-electron chi connectivity index (χ0n) is 12.0. The fraction of sp³-hybridized carbons (Fsp3) is 0.500. The highest BCUT2D eigenvalue weighted by atomic mass is 16.5. The van der Waals surface area contributed by atoms with Crippen molar-refractivity contribution >= 4 is 0 Å². The van der Waals surface area contributed by atoms with Gasteiger partial charge in [0.2, 0.25) is 0 Å². The second kappa shape index (κ2) is 4.43. The Morgan fingerprint density at radius 1 is 1.06 bits per heavy atom. The minimum absolute atomic E-state index is 0.00813. The molecule has 18 heavy (non-hydrogen) atoms. The third-order valence-electron chi connectivity index (χ3n) is 3.39. The van der Waals surface area contributed by atoms with E-state index in [4.69, 9.17) is 4.74 Å². The second-order valence-corrected chi connectivity index (χ2v) is 6.24. The van der Waals surface area contributed by atoms with Crippen molar-refractivity contribution in [3.63, 3.8) is 0 Å². The molecule has 0 radical (unpaired) electrons. The van der Waals surface area contributed by atoms with E-state index in [9.17, 15) is 0 Å². The number of hydrogen-bond acceptors (Lipinski definition) is 2. The summed E-state index contributed by atoms with van der Waals surface area (Å²) in [7, 11) is 0. The van der Waals surface area contributed by atoms with Crippen LogP contribution >= 0.6 is 0 Å². The first kappa shape index (κ1) is 13.2. The number of hydrogen-bond donors (Lipinski definition) is 1. The average Bonchev–Trinajstić information content (AvgIpc) is 2.45. The number of benzene rings is 1. The van der Waals surface area contributed by atoms with Crippen LogP contribution in [0.2, 0.25) is 0 Å². The topological polar surface area (TPSA) is 21.3 Å². The summed E-state index contributed by atoms with van der Waals surface area (Å²) in [5, 5.41) is 3.59. The lowest BCUT2D eigenvalue weighted by atomic mass is 9.98. The number of rotatable bonds is 3. The van der Waals surface area contributed by atoms with Gasteiger partial charge in [-0.25, -0.2) is 0 Å². The molecule has 0 unspecified atom stereocenters. The third-order valence-corrected chi connectivity index (χ3v) is 3.39. The van der Waals surface area contributed by atoms with Gasteiger partial charge in [-0.1, -0.05) is 23.8 Å². The standard InChI is InChI=1S/C16H23NO/c1-12-6-8-14(9-7-12)18-11-13-10-15(2,3)17-16(13,4)5/h6-10,17H,11H2,1-5H3. The highest BCUT2D eigenvalue weighted by molar-refractivity contribution is 5.32. The summed E-state index contributed by atoms with van der Waals surface area (Å²) >= 11 is 0. The van der Waals surface area contributed by atoms with Gasteiger partial charge in [-0.3, -0.25) is 5.32 Å². The first-order valence-corrected chi connectivity index (χ1v) is 6.50. The highest BCUT2D eigenvalue weighted by Gasteiger charge is 2.36. The van der Waals surface area contributed by atoms with Gasteiger partial charge < -0.3 is 4.74 Å². The Hall–Kier alpha value is -1.28. The predicted molar refractivity (Wildman–Crippen MR) is 76.1 cm³/mol. The molecule has 98 valence electrons. The molecule has 0 bridgehead atoms. The minimum Gasteiger partial charge on any atom is -0.489 e. The van der Waals surface area contributed by atoms with E-state index in [-0.39, 0.29) is 11.1 Å². The Labute approximate surface area is 110 Å². The van der Waals surface area contributed by atoms with E-state index < -0.39 is 0 Å². The maximum absolute atomic E-state index is 5.87. The van der Waals surface area contributed by atoms with Crippen LogP contribution in [0.15, 0.2) is 35.9 Å². The molecule has 1 aromatic carbocycles. The fourth-order valence-electron chi connectivity index (χ4n) is 2.56. The van der Waals surface area contributed by atoms with Crippen LogP contribution in [0, 0.1) is 6.92 Å². The number of ether oxygens (including phenoxy) is 1. The number of aryl methyl sites for hydroxylation is 1. The summed E-state index contributed by atoms with van der Waals surface area (Å²) in [6.45, 7) is 11.5. The normalized spacial score (nSPS) is 20.6. The maximum atomic E-state index is 5.87. The quantitative estimate of drug-likeness (QED) is 0.823. The van der Waals surface area contributed by atoms with Crippen LogP contribution in [0.25, 0.3) is 0 Å². The van der Waals surface area contributed by atoms with Gasteiger partial charge in [-0.15, -0.1) is 0 Å². The van der Waals surface area contributed by atoms with Crippen LogP contribution in [0.4, 0.5) is 0 Å². The SMILES string of the molecule is Cc1ccc(OCC2=CC(C)(C)NC2(C)C)cc1. The molecule has 1 aliphatic heterocycles. The lowest BCUT2D eigenvalue weighted by Gasteiger charge is -2.28. The molecule has 0 aliphatic carbocycles. The van der Waals surface area contributed by atoms with Crippen LogP contribution in [-0.4, -0.2) is 17.7 Å². The van der Waals surface area contributed by atoms with Crippen LogP contribution < -0.4 is 10.1 Å². The Balaban J connectivity index is 2.04. The fourth-order valence-corrected chi connectivity index (χ4v) is 2.56. The Morgan fingerprint density at radius 2 is 1.67 bits per heavy atom. The summed E-state index contributed by atoms with van der Waals surface area (Å²) < 4.78 is 5.87. The van der Waals surface area contributed by atoms with Crippen molar-refractivity contribution in [2.75, 3.05) is 6.61 Å². The molecule has 0 spiro atoms. The first-order valence-electron chi connectivity index (χ1n) is 6.50. The van der Waals surface area contributed by atoms with Gasteiger partial charge >= 0.3 is 0 Å². The van der Waals surface area contributed by atoms with Crippen molar-refractivity contribution in [2.24, 2.45) is 0 Å². The van der Waals surface area contributed by atoms with Gasteiger partial charge in [0.15, 0.2) is 0 Å². The Bertz CT molecular complexity index is 454.